The number of ether oxygens (including phenoxy) is 1. The van der Waals surface area contributed by atoms with Gasteiger partial charge in [-0.25, -0.2) is 0 Å². The zero-order valence-corrected chi connectivity index (χ0v) is 14.4. The summed E-state index contributed by atoms with van der Waals surface area (Å²) in [6.07, 6.45) is 0.466. The number of methoxy groups -OCH3 is 1. The molecule has 5 heteroatoms. The molecule has 1 N–H and O–H groups in total. The number of hydrogen-bond donors (Lipinski definition) is 1. The van der Waals surface area contributed by atoms with E-state index < -0.39 is 5.97 Å². The van der Waals surface area contributed by atoms with E-state index in [-0.39, 0.29) is 12.3 Å². The lowest BCUT2D eigenvalue weighted by Gasteiger charge is -2.23. The zero-order valence-electron chi connectivity index (χ0n) is 14.4. The molecule has 0 bridgehead atoms. The van der Waals surface area contributed by atoms with Crippen molar-refractivity contribution < 1.29 is 19.4 Å². The first-order valence-electron chi connectivity index (χ1n) is 8.23. The molecule has 0 radical (unpaired) electrons. The van der Waals surface area contributed by atoms with E-state index in [1.807, 2.05) is 48.5 Å². The van der Waals surface area contributed by atoms with E-state index in [1.165, 1.54) is 0 Å². The average Bonchev–Trinajstić information content (AvgIpc) is 2.61. The monoisotopic (exact) mass is 341 g/mol. The molecule has 2 aromatic carbocycles. The molecule has 0 saturated carbocycles. The summed E-state index contributed by atoms with van der Waals surface area (Å²) in [6, 6.07) is 17.0. The van der Waals surface area contributed by atoms with Crippen LogP contribution < -0.4 is 0 Å². The molecule has 0 aliphatic carbocycles. The maximum Gasteiger partial charge on any atom is 0.303 e. The Hall–Kier alpha value is -2.66. The summed E-state index contributed by atoms with van der Waals surface area (Å²) in [7, 11) is 1.61. The fourth-order valence-electron chi connectivity index (χ4n) is 2.62. The maximum absolute atomic E-state index is 12.9. The van der Waals surface area contributed by atoms with Crippen LogP contribution in [0.5, 0.6) is 0 Å². The van der Waals surface area contributed by atoms with Crippen LogP contribution in [0, 0.1) is 0 Å². The van der Waals surface area contributed by atoms with E-state index in [4.69, 9.17) is 9.84 Å². The number of carboxylic acids is 1. The van der Waals surface area contributed by atoms with Crippen LogP contribution in [0.3, 0.4) is 0 Å². The summed E-state index contributed by atoms with van der Waals surface area (Å²) in [5, 5.41) is 8.85. The van der Waals surface area contributed by atoms with Gasteiger partial charge in [0.1, 0.15) is 0 Å². The lowest BCUT2D eigenvalue weighted by Crippen LogP contribution is -2.32. The maximum atomic E-state index is 12.9. The van der Waals surface area contributed by atoms with Crippen LogP contribution >= 0.6 is 0 Å². The van der Waals surface area contributed by atoms with Crippen molar-refractivity contribution in [3.63, 3.8) is 0 Å². The summed E-state index contributed by atoms with van der Waals surface area (Å²) in [5.41, 5.74) is 2.53. The second-order valence-electron chi connectivity index (χ2n) is 5.84. The van der Waals surface area contributed by atoms with Crippen molar-refractivity contribution in [2.45, 2.75) is 26.0 Å². The van der Waals surface area contributed by atoms with Crippen molar-refractivity contribution in [3.8, 4) is 0 Å². The van der Waals surface area contributed by atoms with Gasteiger partial charge in [-0.1, -0.05) is 42.5 Å². The van der Waals surface area contributed by atoms with Crippen molar-refractivity contribution in [2.75, 3.05) is 13.7 Å². The van der Waals surface area contributed by atoms with Gasteiger partial charge in [0.05, 0.1) is 6.61 Å². The molecule has 2 rings (SSSR count). The molecule has 0 fully saturated rings. The van der Waals surface area contributed by atoms with Gasteiger partial charge in [0.15, 0.2) is 0 Å². The molecule has 0 aliphatic heterocycles. The minimum Gasteiger partial charge on any atom is -0.481 e. The predicted octanol–water partition coefficient (Wildman–Crippen LogP) is 3.34. The van der Waals surface area contributed by atoms with Crippen molar-refractivity contribution in [3.05, 3.63) is 71.3 Å². The highest BCUT2D eigenvalue weighted by Crippen LogP contribution is 2.13. The summed E-state index contributed by atoms with van der Waals surface area (Å²) >= 11 is 0. The second-order valence-corrected chi connectivity index (χ2v) is 5.84. The standard InChI is InChI=1S/C20H23NO4/c1-25-15-17-9-5-10-18(13-17)20(24)21(12-6-11-19(22)23)14-16-7-3-2-4-8-16/h2-5,7-10,13H,6,11-12,14-15H2,1H3,(H,22,23). The number of carboxylic acid groups (broad SMARTS) is 1. The van der Waals surface area contributed by atoms with Crippen molar-refractivity contribution in [1.29, 1.82) is 0 Å². The molecule has 25 heavy (non-hydrogen) atoms. The van der Waals surface area contributed by atoms with Crippen LogP contribution in [-0.4, -0.2) is 35.5 Å². The van der Waals surface area contributed by atoms with E-state index in [1.54, 1.807) is 18.1 Å². The van der Waals surface area contributed by atoms with Crippen molar-refractivity contribution in [2.24, 2.45) is 0 Å². The number of aliphatic carboxylic acids is 1. The predicted molar refractivity (Wildman–Crippen MR) is 95.2 cm³/mol. The minimum absolute atomic E-state index is 0.0439. The van der Waals surface area contributed by atoms with E-state index in [0.29, 0.717) is 31.7 Å². The smallest absolute Gasteiger partial charge is 0.303 e. The summed E-state index contributed by atoms with van der Waals surface area (Å²) in [4.78, 5) is 25.4. The number of benzene rings is 2. The number of carbonyl (C=O) groups is 2. The largest absolute Gasteiger partial charge is 0.481 e. The zero-order chi connectivity index (χ0) is 18.1. The SMILES string of the molecule is COCc1cccc(C(=O)N(CCCC(=O)O)Cc2ccccc2)c1. The molecule has 0 atom stereocenters. The first kappa shape index (κ1) is 18.7. The van der Waals surface area contributed by atoms with Crippen molar-refractivity contribution >= 4 is 11.9 Å². The van der Waals surface area contributed by atoms with Gasteiger partial charge in [-0.3, -0.25) is 9.59 Å². The molecular weight excluding hydrogens is 318 g/mol. The summed E-state index contributed by atoms with van der Waals surface area (Å²) < 4.78 is 5.12. The van der Waals surface area contributed by atoms with E-state index in [9.17, 15) is 9.59 Å². The first-order valence-corrected chi connectivity index (χ1v) is 8.23. The average molecular weight is 341 g/mol. The van der Waals surface area contributed by atoms with Crippen LogP contribution in [0.1, 0.15) is 34.3 Å². The third kappa shape index (κ3) is 6.04. The van der Waals surface area contributed by atoms with Crippen LogP contribution in [0.2, 0.25) is 0 Å². The second kappa shape index (κ2) is 9.59. The molecule has 1 amide bonds. The molecule has 5 nitrogen and oxygen atoms in total. The Morgan fingerprint density at radius 2 is 1.76 bits per heavy atom. The Kier molecular flexibility index (Phi) is 7.16. The normalized spacial score (nSPS) is 10.4. The van der Waals surface area contributed by atoms with Gasteiger partial charge in [-0.15, -0.1) is 0 Å². The lowest BCUT2D eigenvalue weighted by atomic mass is 10.1. The minimum atomic E-state index is -0.853. The highest BCUT2D eigenvalue weighted by molar-refractivity contribution is 5.94. The Labute approximate surface area is 147 Å². The number of amides is 1. The number of hydrogen-bond acceptors (Lipinski definition) is 3. The molecule has 0 unspecified atom stereocenters. The van der Waals surface area contributed by atoms with Gasteiger partial charge < -0.3 is 14.7 Å². The fourth-order valence-corrected chi connectivity index (χ4v) is 2.62. The summed E-state index contributed by atoms with van der Waals surface area (Å²) in [6.45, 7) is 1.29. The topological polar surface area (TPSA) is 66.8 Å². The van der Waals surface area contributed by atoms with E-state index in [0.717, 1.165) is 11.1 Å². The highest BCUT2D eigenvalue weighted by Gasteiger charge is 2.17. The van der Waals surface area contributed by atoms with Gasteiger partial charge >= 0.3 is 5.97 Å². The van der Waals surface area contributed by atoms with Crippen LogP contribution in [0.25, 0.3) is 0 Å². The fraction of sp³-hybridized carbons (Fsp3) is 0.300. The molecule has 132 valence electrons. The number of nitrogens with zero attached hydrogens (tertiary/aromatic N) is 1. The van der Waals surface area contributed by atoms with Gasteiger partial charge in [0.2, 0.25) is 0 Å². The first-order chi connectivity index (χ1) is 12.1. The Balaban J connectivity index is 2.15. The molecule has 0 saturated heterocycles. The molecule has 0 aromatic heterocycles. The van der Waals surface area contributed by atoms with Crippen LogP contribution in [-0.2, 0) is 22.7 Å². The van der Waals surface area contributed by atoms with Gasteiger partial charge in [0, 0.05) is 32.2 Å². The Bertz CT molecular complexity index is 700. The molecule has 0 heterocycles. The van der Waals surface area contributed by atoms with Crippen LogP contribution in [0.15, 0.2) is 54.6 Å². The van der Waals surface area contributed by atoms with E-state index in [2.05, 4.69) is 0 Å². The van der Waals surface area contributed by atoms with Crippen molar-refractivity contribution in [1.82, 2.24) is 4.90 Å². The summed E-state index contributed by atoms with van der Waals surface area (Å²) in [5.74, 6) is -0.957. The number of carbonyl (C=O) groups excluding carboxylic acids is 1. The van der Waals surface area contributed by atoms with E-state index >= 15 is 0 Å². The van der Waals surface area contributed by atoms with Crippen LogP contribution in [0.4, 0.5) is 0 Å². The third-order valence-electron chi connectivity index (χ3n) is 3.81. The lowest BCUT2D eigenvalue weighted by molar-refractivity contribution is -0.137. The van der Waals surface area contributed by atoms with Gasteiger partial charge in [0.25, 0.3) is 5.91 Å². The molecular formula is C20H23NO4. The molecule has 0 aliphatic rings. The number of rotatable bonds is 9. The molecule has 0 spiro atoms. The van der Waals surface area contributed by atoms with Gasteiger partial charge in [-0.2, -0.15) is 0 Å². The Morgan fingerprint density at radius 3 is 2.44 bits per heavy atom. The molecule has 2 aromatic rings. The highest BCUT2D eigenvalue weighted by atomic mass is 16.5. The van der Waals surface area contributed by atoms with Gasteiger partial charge in [-0.05, 0) is 29.7 Å². The third-order valence-corrected chi connectivity index (χ3v) is 3.81. The Morgan fingerprint density at radius 1 is 1.04 bits per heavy atom. The quantitative estimate of drug-likeness (QED) is 0.760.